The first-order valence-corrected chi connectivity index (χ1v) is 14.8. The Kier molecular flexibility index (Phi) is 12.2. The van der Waals surface area contributed by atoms with E-state index in [0.717, 1.165) is 11.1 Å². The van der Waals surface area contributed by atoms with Gasteiger partial charge in [0.25, 0.3) is 11.8 Å². The molecular formula is C37H41N3O6. The Hall–Kier alpha value is -5.44. The van der Waals surface area contributed by atoms with Crippen molar-refractivity contribution in [1.82, 2.24) is 15.6 Å². The SMILES string of the molecule is C=C(C=C(C)C(=Cc1[nH]c(C)c(C(=O)NC(Cc2ccccc2)C(=O)O)c1C)C(C)=O)C(=O)NC(Cc1ccccc1)C(=C)OC. The molecule has 1 aromatic heterocycles. The highest BCUT2D eigenvalue weighted by molar-refractivity contribution is 6.04. The van der Waals surface area contributed by atoms with Crippen LogP contribution in [0.2, 0.25) is 0 Å². The van der Waals surface area contributed by atoms with Gasteiger partial charge in [0, 0.05) is 29.0 Å². The molecule has 0 saturated carbocycles. The maximum absolute atomic E-state index is 13.3. The van der Waals surface area contributed by atoms with Crippen LogP contribution in [0.25, 0.3) is 6.08 Å². The lowest BCUT2D eigenvalue weighted by molar-refractivity contribution is -0.139. The highest BCUT2D eigenvalue weighted by Crippen LogP contribution is 2.24. The van der Waals surface area contributed by atoms with Crippen molar-refractivity contribution in [3.63, 3.8) is 0 Å². The van der Waals surface area contributed by atoms with Crippen LogP contribution in [0.4, 0.5) is 0 Å². The summed E-state index contributed by atoms with van der Waals surface area (Å²) < 4.78 is 5.31. The molecule has 1 heterocycles. The van der Waals surface area contributed by atoms with Crippen LogP contribution in [-0.4, -0.2) is 52.9 Å². The number of aryl methyl sites for hydroxylation is 1. The second-order valence-electron chi connectivity index (χ2n) is 11.1. The second-order valence-corrected chi connectivity index (χ2v) is 11.1. The number of allylic oxidation sites excluding steroid dienone is 2. The number of carbonyl (C=O) groups is 4. The van der Waals surface area contributed by atoms with Gasteiger partial charge in [-0.25, -0.2) is 4.79 Å². The van der Waals surface area contributed by atoms with Gasteiger partial charge in [0.2, 0.25) is 0 Å². The van der Waals surface area contributed by atoms with E-state index in [9.17, 15) is 24.3 Å². The Morgan fingerprint density at radius 3 is 1.93 bits per heavy atom. The van der Waals surface area contributed by atoms with Gasteiger partial charge in [-0.1, -0.05) is 73.8 Å². The smallest absolute Gasteiger partial charge is 0.326 e. The molecule has 46 heavy (non-hydrogen) atoms. The fraction of sp³-hybridized carbons (Fsp3) is 0.243. The summed E-state index contributed by atoms with van der Waals surface area (Å²) in [5, 5.41) is 15.3. The molecule has 4 N–H and O–H groups in total. The van der Waals surface area contributed by atoms with Crippen molar-refractivity contribution in [3.8, 4) is 0 Å². The molecule has 3 rings (SSSR count). The number of hydrogen-bond acceptors (Lipinski definition) is 5. The summed E-state index contributed by atoms with van der Waals surface area (Å²) in [6.45, 7) is 14.4. The molecule has 2 aromatic carbocycles. The van der Waals surface area contributed by atoms with Crippen LogP contribution in [0, 0.1) is 13.8 Å². The number of aliphatic carboxylic acids is 1. The van der Waals surface area contributed by atoms with Crippen LogP contribution < -0.4 is 10.6 Å². The zero-order valence-corrected chi connectivity index (χ0v) is 26.9. The third-order valence-electron chi connectivity index (χ3n) is 7.60. The number of ketones is 1. The van der Waals surface area contributed by atoms with Gasteiger partial charge < -0.3 is 25.5 Å². The molecule has 9 nitrogen and oxygen atoms in total. The predicted molar refractivity (Wildman–Crippen MR) is 179 cm³/mol. The molecule has 0 aliphatic rings. The van der Waals surface area contributed by atoms with E-state index in [0.29, 0.717) is 45.8 Å². The van der Waals surface area contributed by atoms with E-state index in [1.807, 2.05) is 36.4 Å². The maximum atomic E-state index is 13.3. The molecule has 2 unspecified atom stereocenters. The summed E-state index contributed by atoms with van der Waals surface area (Å²) in [5.74, 6) is -2.01. The van der Waals surface area contributed by atoms with Crippen LogP contribution in [0.3, 0.4) is 0 Å². The topological polar surface area (TPSA) is 138 Å². The number of Topliss-reactive ketones (excluding diaryl/α,β-unsaturated/α-hetero) is 1. The number of nitrogens with one attached hydrogen (secondary N) is 3. The number of carbonyl (C=O) groups excluding carboxylic acids is 3. The molecule has 0 fully saturated rings. The van der Waals surface area contributed by atoms with Crippen molar-refractivity contribution >= 4 is 29.6 Å². The molecule has 0 aliphatic heterocycles. The van der Waals surface area contributed by atoms with Crippen LogP contribution >= 0.6 is 0 Å². The number of hydrogen-bond donors (Lipinski definition) is 4. The van der Waals surface area contributed by atoms with Crippen LogP contribution in [0.15, 0.2) is 102 Å². The van der Waals surface area contributed by atoms with E-state index < -0.39 is 29.9 Å². The molecule has 0 spiro atoms. The number of aromatic nitrogens is 1. The fourth-order valence-electron chi connectivity index (χ4n) is 5.07. The zero-order chi connectivity index (χ0) is 34.0. The maximum Gasteiger partial charge on any atom is 0.326 e. The molecule has 3 aromatic rings. The first-order valence-electron chi connectivity index (χ1n) is 14.8. The predicted octanol–water partition coefficient (Wildman–Crippen LogP) is 5.42. The van der Waals surface area contributed by atoms with E-state index in [1.165, 1.54) is 20.1 Å². The highest BCUT2D eigenvalue weighted by atomic mass is 16.5. The van der Waals surface area contributed by atoms with Gasteiger partial charge in [-0.2, -0.15) is 0 Å². The molecule has 0 radical (unpaired) electrons. The van der Waals surface area contributed by atoms with E-state index in [1.54, 1.807) is 51.1 Å². The molecule has 0 aliphatic carbocycles. The lowest BCUT2D eigenvalue weighted by Crippen LogP contribution is -2.42. The fourth-order valence-corrected chi connectivity index (χ4v) is 5.07. The standard InChI is InChI=1S/C37H41N3O6/c1-22(18-23(2)35(42)39-32(27(6)46-7)19-28-14-10-8-11-15-28)30(26(5)41)21-31-24(3)34(25(4)38-31)36(43)40-33(37(44)45)20-29-16-12-9-13-17-29/h8-18,21,32-33,38H,2,6,19-20H2,1,3-5,7H3,(H,39,42)(H,40,43)(H,44,45). The van der Waals surface area contributed by atoms with Crippen LogP contribution in [0.5, 0.6) is 0 Å². The number of benzene rings is 2. The average molecular weight is 624 g/mol. The van der Waals surface area contributed by atoms with Crippen LogP contribution in [-0.2, 0) is 32.0 Å². The van der Waals surface area contributed by atoms with Gasteiger partial charge in [0.05, 0.1) is 18.7 Å². The molecular weight excluding hydrogens is 582 g/mol. The molecule has 2 atom stereocenters. The van der Waals surface area contributed by atoms with E-state index in [4.69, 9.17) is 4.74 Å². The molecule has 2 amide bonds. The van der Waals surface area contributed by atoms with E-state index in [-0.39, 0.29) is 17.8 Å². The minimum atomic E-state index is -1.15. The molecule has 0 saturated heterocycles. The number of ether oxygens (including phenoxy) is 1. The monoisotopic (exact) mass is 623 g/mol. The quantitative estimate of drug-likeness (QED) is 0.101. The highest BCUT2D eigenvalue weighted by Gasteiger charge is 2.25. The summed E-state index contributed by atoms with van der Waals surface area (Å²) in [7, 11) is 1.49. The Morgan fingerprint density at radius 1 is 0.891 bits per heavy atom. The third-order valence-corrected chi connectivity index (χ3v) is 7.60. The van der Waals surface area contributed by atoms with Crippen LogP contribution in [0.1, 0.15) is 52.3 Å². The number of carboxylic acids is 1. The minimum absolute atomic E-state index is 0.125. The number of methoxy groups -OCH3 is 1. The molecule has 0 bridgehead atoms. The van der Waals surface area contributed by atoms with Gasteiger partial charge in [-0.05, 0) is 68.5 Å². The largest absolute Gasteiger partial charge is 0.500 e. The summed E-state index contributed by atoms with van der Waals surface area (Å²) in [6, 6.07) is 17.0. The van der Waals surface area contributed by atoms with E-state index >= 15 is 0 Å². The summed E-state index contributed by atoms with van der Waals surface area (Å²) in [5.41, 5.74) is 4.55. The number of rotatable bonds is 15. The molecule has 240 valence electrons. The van der Waals surface area contributed by atoms with Gasteiger partial charge in [0.1, 0.15) is 11.8 Å². The minimum Gasteiger partial charge on any atom is -0.500 e. The van der Waals surface area contributed by atoms with Crippen molar-refractivity contribution in [1.29, 1.82) is 0 Å². The van der Waals surface area contributed by atoms with Gasteiger partial charge in [-0.3, -0.25) is 14.4 Å². The number of carboxylic acid groups (broad SMARTS) is 1. The summed E-state index contributed by atoms with van der Waals surface area (Å²) in [4.78, 5) is 54.3. The number of aromatic amines is 1. The lowest BCUT2D eigenvalue weighted by atomic mass is 9.98. The second kappa shape index (κ2) is 16.0. The normalized spacial score (nSPS) is 12.9. The average Bonchev–Trinajstić information content (AvgIpc) is 3.31. The number of H-pyrrole nitrogens is 1. The van der Waals surface area contributed by atoms with Crippen molar-refractivity contribution < 1.29 is 29.0 Å². The molecule has 9 heteroatoms. The van der Waals surface area contributed by atoms with Crippen molar-refractivity contribution in [2.24, 2.45) is 0 Å². The Bertz CT molecular complexity index is 1680. The first kappa shape index (κ1) is 35.0. The van der Waals surface area contributed by atoms with E-state index in [2.05, 4.69) is 28.8 Å². The summed E-state index contributed by atoms with van der Waals surface area (Å²) >= 11 is 0. The Balaban J connectivity index is 1.82. The third kappa shape index (κ3) is 9.28. The first-order chi connectivity index (χ1) is 21.8. The van der Waals surface area contributed by atoms with Gasteiger partial charge >= 0.3 is 5.97 Å². The zero-order valence-electron chi connectivity index (χ0n) is 26.9. The summed E-state index contributed by atoms with van der Waals surface area (Å²) in [6.07, 6.45) is 3.73. The Labute approximate surface area is 269 Å². The Morgan fingerprint density at radius 2 is 1.43 bits per heavy atom. The van der Waals surface area contributed by atoms with Crippen molar-refractivity contribution in [2.45, 2.75) is 52.6 Å². The number of amides is 2. The van der Waals surface area contributed by atoms with Gasteiger partial charge in [0.15, 0.2) is 5.78 Å². The lowest BCUT2D eigenvalue weighted by Gasteiger charge is -2.20. The van der Waals surface area contributed by atoms with Gasteiger partial charge in [-0.15, -0.1) is 0 Å². The van der Waals surface area contributed by atoms with Crippen molar-refractivity contribution in [3.05, 3.63) is 136 Å². The van der Waals surface area contributed by atoms with Crippen molar-refractivity contribution in [2.75, 3.05) is 7.11 Å².